The number of hydrogen-bond donors (Lipinski definition) is 2. The number of aromatic nitrogens is 4. The summed E-state index contributed by atoms with van der Waals surface area (Å²) in [6.07, 6.45) is 8.06. The van der Waals surface area contributed by atoms with Gasteiger partial charge in [0.2, 0.25) is 5.91 Å². The third-order valence-corrected chi connectivity index (χ3v) is 3.21. The lowest BCUT2D eigenvalue weighted by atomic mass is 10.1. The molecule has 0 aromatic carbocycles. The van der Waals surface area contributed by atoms with E-state index in [2.05, 4.69) is 37.1 Å². The summed E-state index contributed by atoms with van der Waals surface area (Å²) in [5.41, 5.74) is 3.40. The molecule has 0 aliphatic heterocycles. The van der Waals surface area contributed by atoms with Gasteiger partial charge < -0.3 is 10.6 Å². The van der Waals surface area contributed by atoms with E-state index < -0.39 is 0 Å². The van der Waals surface area contributed by atoms with Gasteiger partial charge in [0, 0.05) is 18.3 Å². The summed E-state index contributed by atoms with van der Waals surface area (Å²) in [4.78, 5) is 27.9. The van der Waals surface area contributed by atoms with Crippen LogP contribution in [0, 0.1) is 0 Å². The van der Waals surface area contributed by atoms with Crippen LogP contribution in [0.3, 0.4) is 0 Å². The Morgan fingerprint density at radius 3 is 2.61 bits per heavy atom. The van der Waals surface area contributed by atoms with E-state index in [-0.39, 0.29) is 5.91 Å². The predicted octanol–water partition coefficient (Wildman–Crippen LogP) is 1.98. The van der Waals surface area contributed by atoms with Crippen LogP contribution in [0.25, 0.3) is 11.0 Å². The number of likely N-dealkylation sites (N-methyl/N-ethyl adjacent to an activating group) is 1. The smallest absolute Gasteiger partial charge is 0.246 e. The molecule has 7 heteroatoms. The summed E-state index contributed by atoms with van der Waals surface area (Å²) >= 11 is 0. The summed E-state index contributed by atoms with van der Waals surface area (Å²) in [5.74, 6) is 0.438. The number of anilines is 1. The standard InChI is InChI=1S/C16H18N6O/c1-10(5-6-11(2)16(23)17-4)12(3)22-15-14-13(19-9-21-15)7-18-8-20-14/h5-9H,3H2,1-2,4H3,(H,17,23)(H,19,21,22)/b10-5-,11-6+. The maximum absolute atomic E-state index is 11.5. The second-order valence-corrected chi connectivity index (χ2v) is 4.86. The molecule has 23 heavy (non-hydrogen) atoms. The fourth-order valence-corrected chi connectivity index (χ4v) is 1.77. The van der Waals surface area contributed by atoms with E-state index in [1.807, 2.05) is 13.0 Å². The number of nitrogens with zero attached hydrogens (tertiary/aromatic N) is 4. The molecule has 0 spiro atoms. The van der Waals surface area contributed by atoms with Crippen LogP contribution in [-0.4, -0.2) is 32.9 Å². The molecule has 1 amide bonds. The van der Waals surface area contributed by atoms with Crippen LogP contribution in [0.4, 0.5) is 5.82 Å². The van der Waals surface area contributed by atoms with Crippen LogP contribution < -0.4 is 10.6 Å². The van der Waals surface area contributed by atoms with Crippen molar-refractivity contribution in [1.82, 2.24) is 25.3 Å². The van der Waals surface area contributed by atoms with E-state index in [0.717, 1.165) is 5.57 Å². The van der Waals surface area contributed by atoms with E-state index in [0.29, 0.717) is 28.1 Å². The van der Waals surface area contributed by atoms with Crippen LogP contribution in [0.1, 0.15) is 13.8 Å². The van der Waals surface area contributed by atoms with Gasteiger partial charge in [0.1, 0.15) is 23.7 Å². The van der Waals surface area contributed by atoms with Gasteiger partial charge in [-0.1, -0.05) is 18.7 Å². The Labute approximate surface area is 134 Å². The molecule has 0 atom stereocenters. The van der Waals surface area contributed by atoms with Crippen LogP contribution >= 0.6 is 0 Å². The Balaban J connectivity index is 2.19. The summed E-state index contributed by atoms with van der Waals surface area (Å²) in [6, 6.07) is 0. The maximum Gasteiger partial charge on any atom is 0.246 e. The molecule has 2 aromatic rings. The molecule has 0 fully saturated rings. The lowest BCUT2D eigenvalue weighted by Gasteiger charge is -2.10. The second-order valence-electron chi connectivity index (χ2n) is 4.86. The molecular formula is C16H18N6O. The quantitative estimate of drug-likeness (QED) is 0.648. The van der Waals surface area contributed by atoms with Gasteiger partial charge in [0.25, 0.3) is 0 Å². The van der Waals surface area contributed by atoms with Crippen molar-refractivity contribution in [2.75, 3.05) is 12.4 Å². The highest BCUT2D eigenvalue weighted by Gasteiger charge is 2.06. The first kappa shape index (κ1) is 16.3. The molecule has 0 aliphatic carbocycles. The van der Waals surface area contributed by atoms with Crippen molar-refractivity contribution in [3.05, 3.63) is 54.4 Å². The van der Waals surface area contributed by atoms with Gasteiger partial charge in [-0.3, -0.25) is 4.79 Å². The van der Waals surface area contributed by atoms with Crippen molar-refractivity contribution >= 4 is 22.8 Å². The number of carbonyl (C=O) groups is 1. The van der Waals surface area contributed by atoms with Crippen molar-refractivity contribution in [3.8, 4) is 0 Å². The second kappa shape index (κ2) is 7.26. The molecule has 2 aromatic heterocycles. The Bertz CT molecular complexity index is 804. The zero-order chi connectivity index (χ0) is 16.8. The summed E-state index contributed by atoms with van der Waals surface area (Å²) in [5, 5.41) is 5.69. The fourth-order valence-electron chi connectivity index (χ4n) is 1.77. The van der Waals surface area contributed by atoms with E-state index in [9.17, 15) is 4.79 Å². The van der Waals surface area contributed by atoms with Crippen LogP contribution in [0.5, 0.6) is 0 Å². The molecular weight excluding hydrogens is 292 g/mol. The number of rotatable bonds is 5. The Morgan fingerprint density at radius 2 is 1.87 bits per heavy atom. The minimum absolute atomic E-state index is 0.119. The zero-order valence-electron chi connectivity index (χ0n) is 13.3. The molecule has 0 saturated carbocycles. The van der Waals surface area contributed by atoms with Crippen molar-refractivity contribution in [2.24, 2.45) is 0 Å². The molecule has 7 nitrogen and oxygen atoms in total. The predicted molar refractivity (Wildman–Crippen MR) is 89.5 cm³/mol. The number of fused-ring (bicyclic) bond motifs is 1. The first-order valence-electron chi connectivity index (χ1n) is 6.97. The van der Waals surface area contributed by atoms with E-state index >= 15 is 0 Å². The lowest BCUT2D eigenvalue weighted by Crippen LogP contribution is -2.18. The highest BCUT2D eigenvalue weighted by Crippen LogP contribution is 2.18. The molecule has 118 valence electrons. The monoisotopic (exact) mass is 310 g/mol. The highest BCUT2D eigenvalue weighted by atomic mass is 16.1. The Kier molecular flexibility index (Phi) is 5.14. The SMILES string of the molecule is C=C(Nc1ncnc2cncnc12)/C(C)=C\C=C(/C)C(=O)NC. The third kappa shape index (κ3) is 3.97. The largest absolute Gasteiger partial charge is 0.355 e. The van der Waals surface area contributed by atoms with E-state index in [1.165, 1.54) is 12.7 Å². The van der Waals surface area contributed by atoms with Crippen molar-refractivity contribution in [2.45, 2.75) is 13.8 Å². The molecule has 0 aliphatic rings. The Hall–Kier alpha value is -3.09. The van der Waals surface area contributed by atoms with Gasteiger partial charge in [-0.25, -0.2) is 19.9 Å². The van der Waals surface area contributed by atoms with Gasteiger partial charge in [-0.2, -0.15) is 0 Å². The van der Waals surface area contributed by atoms with Gasteiger partial charge in [0.15, 0.2) is 5.82 Å². The Morgan fingerprint density at radius 1 is 1.13 bits per heavy atom. The average Bonchev–Trinajstić information content (AvgIpc) is 2.58. The summed E-state index contributed by atoms with van der Waals surface area (Å²) in [6.45, 7) is 7.62. The number of allylic oxidation sites excluding steroid dienone is 3. The van der Waals surface area contributed by atoms with Crippen molar-refractivity contribution in [1.29, 1.82) is 0 Å². The average molecular weight is 310 g/mol. The first-order valence-corrected chi connectivity index (χ1v) is 6.97. The van der Waals surface area contributed by atoms with Crippen molar-refractivity contribution < 1.29 is 4.79 Å². The van der Waals surface area contributed by atoms with Gasteiger partial charge in [-0.15, -0.1) is 0 Å². The molecule has 2 rings (SSSR count). The maximum atomic E-state index is 11.5. The number of nitrogens with one attached hydrogen (secondary N) is 2. The normalized spacial score (nSPS) is 12.1. The third-order valence-electron chi connectivity index (χ3n) is 3.21. The summed E-state index contributed by atoms with van der Waals surface area (Å²) in [7, 11) is 1.60. The van der Waals surface area contributed by atoms with E-state index in [1.54, 1.807) is 26.2 Å². The van der Waals surface area contributed by atoms with Gasteiger partial charge in [-0.05, 0) is 19.4 Å². The molecule has 0 bridgehead atoms. The molecule has 0 unspecified atom stereocenters. The lowest BCUT2D eigenvalue weighted by molar-refractivity contribution is -0.116. The number of carbonyl (C=O) groups excluding carboxylic acids is 1. The van der Waals surface area contributed by atoms with Gasteiger partial charge >= 0.3 is 0 Å². The number of amides is 1. The zero-order valence-corrected chi connectivity index (χ0v) is 13.3. The van der Waals surface area contributed by atoms with Crippen LogP contribution in [0.2, 0.25) is 0 Å². The number of hydrogen-bond acceptors (Lipinski definition) is 6. The van der Waals surface area contributed by atoms with Crippen LogP contribution in [0.15, 0.2) is 54.4 Å². The fraction of sp³-hybridized carbons (Fsp3) is 0.188. The minimum atomic E-state index is -0.119. The topological polar surface area (TPSA) is 92.7 Å². The van der Waals surface area contributed by atoms with E-state index in [4.69, 9.17) is 0 Å². The van der Waals surface area contributed by atoms with Gasteiger partial charge in [0.05, 0.1) is 6.20 Å². The molecule has 0 radical (unpaired) electrons. The molecule has 0 saturated heterocycles. The first-order chi connectivity index (χ1) is 11.0. The minimum Gasteiger partial charge on any atom is -0.355 e. The van der Waals surface area contributed by atoms with Crippen LogP contribution in [-0.2, 0) is 4.79 Å². The molecule has 2 N–H and O–H groups in total. The summed E-state index contributed by atoms with van der Waals surface area (Å²) < 4.78 is 0. The highest BCUT2D eigenvalue weighted by molar-refractivity contribution is 5.92. The molecule has 2 heterocycles. The van der Waals surface area contributed by atoms with Crippen molar-refractivity contribution in [3.63, 3.8) is 0 Å².